The van der Waals surface area contributed by atoms with Crippen LogP contribution in [0.25, 0.3) is 0 Å². The summed E-state index contributed by atoms with van der Waals surface area (Å²) in [4.78, 5) is 19.1. The van der Waals surface area contributed by atoms with Crippen LogP contribution in [0.2, 0.25) is 0 Å². The van der Waals surface area contributed by atoms with E-state index in [0.29, 0.717) is 56.4 Å². The van der Waals surface area contributed by atoms with E-state index >= 15 is 0 Å². The fourth-order valence-electron chi connectivity index (χ4n) is 12.6. The molecule has 14 heteroatoms. The number of fused-ring (bicyclic) bond motifs is 10. The molecular weight excluding hydrogens is 895 g/mol. The van der Waals surface area contributed by atoms with E-state index in [4.69, 9.17) is 23.9 Å². The normalized spacial score (nSPS) is 46.4. The number of carbonyl (C=O) groups excluding carboxylic acids is 1. The molecule has 0 spiro atoms. The predicted molar refractivity (Wildman–Crippen MR) is 267 cm³/mol. The maximum absolute atomic E-state index is 13.8. The minimum Gasteiger partial charge on any atom is -0.458 e. The van der Waals surface area contributed by atoms with E-state index in [9.17, 15) is 45.6 Å². The summed E-state index contributed by atoms with van der Waals surface area (Å²) in [6, 6.07) is 0. The lowest BCUT2D eigenvalue weighted by atomic mass is 9.55. The van der Waals surface area contributed by atoms with Crippen molar-refractivity contribution in [2.24, 2.45) is 28.2 Å². The first-order valence-electron chi connectivity index (χ1n) is 26.5. The van der Waals surface area contributed by atoms with Crippen LogP contribution in [0.1, 0.15) is 144 Å². The number of aliphatic imine (C=N–C) groups is 1. The third-order valence-electron chi connectivity index (χ3n) is 16.8. The van der Waals surface area contributed by atoms with Crippen LogP contribution in [-0.4, -0.2) is 151 Å². The summed E-state index contributed by atoms with van der Waals surface area (Å²) >= 11 is 0. The molecule has 0 amide bonds. The van der Waals surface area contributed by atoms with Gasteiger partial charge in [-0.05, 0) is 128 Å². The number of rotatable bonds is 0. The average Bonchev–Trinajstić information content (AvgIpc) is 3.67. The van der Waals surface area contributed by atoms with E-state index in [1.54, 1.807) is 19.1 Å². The van der Waals surface area contributed by atoms with Gasteiger partial charge in [-0.3, -0.25) is 9.79 Å². The molecule has 3 saturated heterocycles. The molecule has 0 aromatic heterocycles. The van der Waals surface area contributed by atoms with Crippen molar-refractivity contribution in [3.05, 3.63) is 70.9 Å². The SMILES string of the molecule is C=C1CCCC2OC(CC3=CC4/C(C)=C\CC(C)CC(/C=C(\C)C(O)C5CC(O)C(O)C(CCC(O)/C=C/C(C)=C/CCC6=NCCC(C3)C64C)O5)OC(=O)CC3CC(O)C(O3)C(O)C1)CC(O)C2O. The van der Waals surface area contributed by atoms with Crippen molar-refractivity contribution >= 4 is 11.7 Å². The van der Waals surface area contributed by atoms with Crippen LogP contribution in [0.5, 0.6) is 0 Å². The molecule has 0 radical (unpaired) electrons. The lowest BCUT2D eigenvalue weighted by Crippen LogP contribution is -2.51. The Morgan fingerprint density at radius 2 is 1.43 bits per heavy atom. The van der Waals surface area contributed by atoms with Gasteiger partial charge < -0.3 is 59.8 Å². The number of nitrogens with zero attached hydrogens (tertiary/aromatic N) is 1. The molecule has 19 atom stereocenters. The Kier molecular flexibility index (Phi) is 19.2. The molecule has 6 heterocycles. The van der Waals surface area contributed by atoms with E-state index in [1.165, 1.54) is 16.9 Å². The van der Waals surface area contributed by atoms with Crippen molar-refractivity contribution in [1.82, 2.24) is 0 Å². The van der Waals surface area contributed by atoms with Gasteiger partial charge in [0.25, 0.3) is 0 Å². The zero-order valence-electron chi connectivity index (χ0n) is 42.4. The van der Waals surface area contributed by atoms with Crippen molar-refractivity contribution in [2.45, 2.75) is 235 Å². The first-order chi connectivity index (χ1) is 33.3. The second-order valence-corrected chi connectivity index (χ2v) is 22.4. The highest BCUT2D eigenvalue weighted by Crippen LogP contribution is 2.53. The van der Waals surface area contributed by atoms with Crippen LogP contribution in [-0.2, 0) is 23.7 Å². The minimum absolute atomic E-state index is 0.00152. The third-order valence-corrected chi connectivity index (χ3v) is 16.8. The molecule has 6 aliphatic heterocycles. The van der Waals surface area contributed by atoms with Gasteiger partial charge in [0.15, 0.2) is 0 Å². The molecule has 70 heavy (non-hydrogen) atoms. The Morgan fingerprint density at radius 1 is 0.714 bits per heavy atom. The fraction of sp³-hybridized carbons (Fsp3) is 0.750. The lowest BCUT2D eigenvalue weighted by Gasteiger charge is -2.50. The molecule has 7 aliphatic rings. The number of hydrogen-bond donors (Lipinski definition) is 8. The number of ether oxygens (including phenoxy) is 4. The Hall–Kier alpha value is -2.86. The molecule has 14 nitrogen and oxygen atoms in total. The number of aliphatic hydroxyl groups is 8. The Morgan fingerprint density at radius 3 is 2.20 bits per heavy atom. The van der Waals surface area contributed by atoms with Crippen LogP contribution in [0.4, 0.5) is 0 Å². The van der Waals surface area contributed by atoms with Gasteiger partial charge in [0.05, 0.1) is 67.5 Å². The predicted octanol–water partition coefficient (Wildman–Crippen LogP) is 5.97. The van der Waals surface area contributed by atoms with Gasteiger partial charge in [0.1, 0.15) is 30.5 Å². The van der Waals surface area contributed by atoms with Crippen molar-refractivity contribution in [3.8, 4) is 0 Å². The second kappa shape index (κ2) is 24.4. The number of allylic oxidation sites excluding steroid dienone is 6. The van der Waals surface area contributed by atoms with E-state index in [1.807, 2.05) is 13.0 Å². The number of carbonyl (C=O) groups is 1. The maximum atomic E-state index is 13.8. The van der Waals surface area contributed by atoms with Gasteiger partial charge in [0.2, 0.25) is 0 Å². The molecule has 1 aliphatic carbocycles. The summed E-state index contributed by atoms with van der Waals surface area (Å²) < 4.78 is 25.2. The third kappa shape index (κ3) is 13.6. The largest absolute Gasteiger partial charge is 0.458 e. The van der Waals surface area contributed by atoms with Crippen molar-refractivity contribution < 1.29 is 64.6 Å². The highest BCUT2D eigenvalue weighted by molar-refractivity contribution is 5.92. The number of hydrogen-bond acceptors (Lipinski definition) is 14. The molecule has 19 unspecified atom stereocenters. The van der Waals surface area contributed by atoms with Gasteiger partial charge in [0, 0.05) is 42.9 Å². The summed E-state index contributed by atoms with van der Waals surface area (Å²) in [5.41, 5.74) is 5.66. The molecule has 0 aromatic carbocycles. The maximum Gasteiger partial charge on any atom is 0.309 e. The van der Waals surface area contributed by atoms with Crippen molar-refractivity contribution in [1.29, 1.82) is 0 Å². The molecular formula is C56H85NO13. The Bertz CT molecular complexity index is 1990. The standard InChI is InChI=1S/C56H85NO13/c1-31-9-8-12-50-56(6)37(19-20-57-50)24-36-25-40-27-43(59)53(65)47(67-40)11-7-10-32(2)22-45(61)55-46(62)28-41(69-55)29-51(63)68-39(21-33(3)13-15-34(4)42(56)26-36)23-35(5)52(64)49-30-44(60)54(66)48(70-49)18-17-38(58)16-14-31/h9,14-16,23,26,33,37-49,52-55,58-62,64-66H,2,7-8,10-13,17-22,24-25,27-30H2,1,3-6H3/b16-14+,31-9+,34-15-,35-23+. The molecule has 9 bridgehead atoms. The Labute approximate surface area is 415 Å². The van der Waals surface area contributed by atoms with Crippen LogP contribution in [0, 0.1) is 23.2 Å². The molecule has 0 aromatic rings. The molecule has 7 rings (SSSR count). The Balaban J connectivity index is 1.24. The van der Waals surface area contributed by atoms with E-state index in [2.05, 4.69) is 45.6 Å². The van der Waals surface area contributed by atoms with E-state index in [-0.39, 0.29) is 61.9 Å². The van der Waals surface area contributed by atoms with Crippen LogP contribution in [0.15, 0.2) is 75.9 Å². The lowest BCUT2D eigenvalue weighted by molar-refractivity contribution is -0.190. The highest BCUT2D eigenvalue weighted by atomic mass is 16.6. The minimum atomic E-state index is -1.20. The van der Waals surface area contributed by atoms with Crippen LogP contribution in [0.3, 0.4) is 0 Å². The second-order valence-electron chi connectivity index (χ2n) is 22.4. The molecule has 0 saturated carbocycles. The zero-order valence-corrected chi connectivity index (χ0v) is 42.4. The summed E-state index contributed by atoms with van der Waals surface area (Å²) in [5.74, 6) is -0.212. The zero-order chi connectivity index (χ0) is 50.4. The molecule has 3 fully saturated rings. The first kappa shape index (κ1) is 54.9. The van der Waals surface area contributed by atoms with Crippen molar-refractivity contribution in [3.63, 3.8) is 0 Å². The number of aliphatic hydroxyl groups excluding tert-OH is 8. The van der Waals surface area contributed by atoms with Gasteiger partial charge in [-0.1, -0.05) is 73.1 Å². The van der Waals surface area contributed by atoms with Crippen LogP contribution >= 0.6 is 0 Å². The summed E-state index contributed by atoms with van der Waals surface area (Å²) in [6.07, 6.45) is 6.63. The van der Waals surface area contributed by atoms with Crippen molar-refractivity contribution in [2.75, 3.05) is 6.54 Å². The summed E-state index contributed by atoms with van der Waals surface area (Å²) in [5, 5.41) is 89.2. The smallest absolute Gasteiger partial charge is 0.309 e. The number of esters is 1. The average molecular weight is 980 g/mol. The highest BCUT2D eigenvalue weighted by Gasteiger charge is 2.49. The first-order valence-corrected chi connectivity index (χ1v) is 26.5. The monoisotopic (exact) mass is 980 g/mol. The van der Waals surface area contributed by atoms with Gasteiger partial charge in [-0.2, -0.15) is 0 Å². The van der Waals surface area contributed by atoms with E-state index < -0.39 is 91.4 Å². The topological polar surface area (TPSA) is 228 Å². The molecule has 8 N–H and O–H groups in total. The van der Waals surface area contributed by atoms with E-state index in [0.717, 1.165) is 43.4 Å². The van der Waals surface area contributed by atoms with Gasteiger partial charge in [-0.25, -0.2) is 0 Å². The summed E-state index contributed by atoms with van der Waals surface area (Å²) in [7, 11) is 0. The van der Waals surface area contributed by atoms with Crippen LogP contribution < -0.4 is 0 Å². The summed E-state index contributed by atoms with van der Waals surface area (Å²) in [6.45, 7) is 15.4. The fourth-order valence-corrected chi connectivity index (χ4v) is 12.6. The van der Waals surface area contributed by atoms with Gasteiger partial charge >= 0.3 is 5.97 Å². The quantitative estimate of drug-likeness (QED) is 0.104. The van der Waals surface area contributed by atoms with Gasteiger partial charge in [-0.15, -0.1) is 0 Å². The molecule has 392 valence electrons.